The molecule has 2 heteroatoms. The van der Waals surface area contributed by atoms with Crippen molar-refractivity contribution < 1.29 is 9.84 Å². The van der Waals surface area contributed by atoms with E-state index in [9.17, 15) is 0 Å². The number of hydrogen-bond acceptors (Lipinski definition) is 2. The second kappa shape index (κ2) is 3.74. The molecule has 0 aromatic rings. The number of aliphatic hydroxyl groups is 1. The van der Waals surface area contributed by atoms with Gasteiger partial charge in [0.05, 0.1) is 12.7 Å². The van der Waals surface area contributed by atoms with Gasteiger partial charge >= 0.3 is 0 Å². The highest BCUT2D eigenvalue weighted by molar-refractivity contribution is 4.84. The first-order chi connectivity index (χ1) is 4.88. The van der Waals surface area contributed by atoms with Crippen LogP contribution in [0.5, 0.6) is 0 Å². The zero-order valence-corrected chi connectivity index (χ0v) is 6.12. The molecule has 2 atom stereocenters. The molecule has 0 saturated carbocycles. The van der Waals surface area contributed by atoms with Crippen molar-refractivity contribution in [3.8, 4) is 0 Å². The third-order valence-electron chi connectivity index (χ3n) is 1.76. The van der Waals surface area contributed by atoms with Gasteiger partial charge in [0.15, 0.2) is 0 Å². The van der Waals surface area contributed by atoms with Gasteiger partial charge in [0, 0.05) is 0 Å². The van der Waals surface area contributed by atoms with E-state index >= 15 is 0 Å². The molecule has 0 bridgehead atoms. The fourth-order valence-electron chi connectivity index (χ4n) is 1.06. The molecule has 2 nitrogen and oxygen atoms in total. The topological polar surface area (TPSA) is 32.8 Å². The van der Waals surface area contributed by atoms with Crippen molar-refractivity contribution in [3.05, 3.63) is 12.7 Å². The highest BCUT2D eigenvalue weighted by atomic mass is 16.6. The van der Waals surface area contributed by atoms with E-state index in [4.69, 9.17) is 9.84 Å². The third-order valence-corrected chi connectivity index (χ3v) is 1.76. The van der Waals surface area contributed by atoms with Crippen molar-refractivity contribution in [1.82, 2.24) is 0 Å². The maximum absolute atomic E-state index is 8.59. The lowest BCUT2D eigenvalue weighted by atomic mass is 10.1. The smallest absolute Gasteiger partial charge is 0.107 e. The molecule has 0 aromatic carbocycles. The van der Waals surface area contributed by atoms with E-state index in [-0.39, 0.29) is 12.7 Å². The first-order valence-electron chi connectivity index (χ1n) is 3.75. The Kier molecular flexibility index (Phi) is 2.90. The van der Waals surface area contributed by atoms with E-state index in [0.717, 1.165) is 19.3 Å². The molecule has 1 fully saturated rings. The first kappa shape index (κ1) is 7.76. The van der Waals surface area contributed by atoms with Gasteiger partial charge in [-0.3, -0.25) is 0 Å². The summed E-state index contributed by atoms with van der Waals surface area (Å²) in [5.74, 6) is 0. The van der Waals surface area contributed by atoms with Crippen LogP contribution in [0.15, 0.2) is 12.7 Å². The van der Waals surface area contributed by atoms with Crippen LogP contribution in [-0.2, 0) is 4.74 Å². The van der Waals surface area contributed by atoms with E-state index in [2.05, 4.69) is 6.58 Å². The Labute approximate surface area is 61.5 Å². The van der Waals surface area contributed by atoms with Crippen LogP contribution in [0.3, 0.4) is 0 Å². The van der Waals surface area contributed by atoms with Gasteiger partial charge in [-0.05, 0) is 19.3 Å². The van der Waals surface area contributed by atoms with Gasteiger partial charge in [-0.2, -0.15) is 0 Å². The van der Waals surface area contributed by atoms with Crippen molar-refractivity contribution in [3.63, 3.8) is 0 Å². The van der Waals surface area contributed by atoms with Crippen LogP contribution < -0.4 is 0 Å². The van der Waals surface area contributed by atoms with Gasteiger partial charge in [-0.25, -0.2) is 0 Å². The Bertz CT molecular complexity index is 112. The molecular formula is C8H14O2. The zero-order chi connectivity index (χ0) is 7.40. The van der Waals surface area contributed by atoms with Crippen LogP contribution in [0.2, 0.25) is 0 Å². The molecule has 1 heterocycles. The molecule has 0 amide bonds. The fraction of sp³-hybridized carbons (Fsp3) is 0.750. The normalized spacial score (nSPS) is 30.1. The summed E-state index contributed by atoms with van der Waals surface area (Å²) in [5.41, 5.74) is 0. The molecule has 0 unspecified atom stereocenters. The van der Waals surface area contributed by atoms with Crippen molar-refractivity contribution in [2.45, 2.75) is 31.5 Å². The first-order valence-corrected chi connectivity index (χ1v) is 3.75. The summed E-state index contributed by atoms with van der Waals surface area (Å²) in [5, 5.41) is 8.59. The van der Waals surface area contributed by atoms with Crippen LogP contribution in [-0.4, -0.2) is 23.9 Å². The summed E-state index contributed by atoms with van der Waals surface area (Å²) in [6.07, 6.45) is 5.64. The van der Waals surface area contributed by atoms with Crippen molar-refractivity contribution in [2.75, 3.05) is 6.61 Å². The molecule has 0 spiro atoms. The number of unbranched alkanes of at least 4 members (excludes halogenated alkanes) is 1. The maximum Gasteiger partial charge on any atom is 0.107 e. The minimum absolute atomic E-state index is 0.143. The molecule has 1 N–H and O–H groups in total. The van der Waals surface area contributed by atoms with E-state index in [1.807, 2.05) is 6.08 Å². The van der Waals surface area contributed by atoms with Crippen LogP contribution in [0.1, 0.15) is 19.3 Å². The van der Waals surface area contributed by atoms with Crippen LogP contribution in [0, 0.1) is 0 Å². The monoisotopic (exact) mass is 142 g/mol. The third kappa shape index (κ3) is 2.12. The Balaban J connectivity index is 1.91. The lowest BCUT2D eigenvalue weighted by Gasteiger charge is -1.90. The number of epoxide rings is 1. The lowest BCUT2D eigenvalue weighted by molar-refractivity contribution is 0.241. The van der Waals surface area contributed by atoms with E-state index in [0.29, 0.717) is 6.10 Å². The van der Waals surface area contributed by atoms with Gasteiger partial charge in [0.1, 0.15) is 6.10 Å². The minimum atomic E-state index is 0.143. The zero-order valence-electron chi connectivity index (χ0n) is 6.12. The second-order valence-corrected chi connectivity index (χ2v) is 2.62. The highest BCUT2D eigenvalue weighted by Gasteiger charge is 2.36. The SMILES string of the molecule is C=CCCC[C@H]1O[C@@H]1CO. The molecule has 10 heavy (non-hydrogen) atoms. The number of aliphatic hydroxyl groups excluding tert-OH is 1. The minimum Gasteiger partial charge on any atom is -0.394 e. The number of ether oxygens (including phenoxy) is 1. The molecule has 0 aromatic heterocycles. The van der Waals surface area contributed by atoms with Crippen molar-refractivity contribution >= 4 is 0 Å². The van der Waals surface area contributed by atoms with Gasteiger partial charge in [-0.1, -0.05) is 6.08 Å². The molecular weight excluding hydrogens is 128 g/mol. The molecule has 1 rings (SSSR count). The molecule has 1 aliphatic heterocycles. The standard InChI is InChI=1S/C8H14O2/c1-2-3-4-5-7-8(6-9)10-7/h2,7-9H,1,3-6H2/t7-,8-/m1/s1. The summed E-state index contributed by atoms with van der Waals surface area (Å²) >= 11 is 0. The Morgan fingerprint density at radius 3 is 2.80 bits per heavy atom. The average molecular weight is 142 g/mol. The Morgan fingerprint density at radius 2 is 2.30 bits per heavy atom. The molecule has 0 aliphatic carbocycles. The predicted octanol–water partition coefficient (Wildman–Crippen LogP) is 1.10. The van der Waals surface area contributed by atoms with Gasteiger partial charge < -0.3 is 9.84 Å². The predicted molar refractivity (Wildman–Crippen MR) is 39.8 cm³/mol. The second-order valence-electron chi connectivity index (χ2n) is 2.62. The fourth-order valence-corrected chi connectivity index (χ4v) is 1.06. The summed E-state index contributed by atoms with van der Waals surface area (Å²) in [4.78, 5) is 0. The summed E-state index contributed by atoms with van der Waals surface area (Å²) < 4.78 is 5.13. The van der Waals surface area contributed by atoms with Gasteiger partial charge in [0.25, 0.3) is 0 Å². The molecule has 0 radical (unpaired) electrons. The molecule has 1 saturated heterocycles. The van der Waals surface area contributed by atoms with Crippen LogP contribution >= 0.6 is 0 Å². The summed E-state index contributed by atoms with van der Waals surface area (Å²) in [6.45, 7) is 3.81. The van der Waals surface area contributed by atoms with E-state index in [1.54, 1.807) is 0 Å². The highest BCUT2D eigenvalue weighted by Crippen LogP contribution is 2.26. The summed E-state index contributed by atoms with van der Waals surface area (Å²) in [6, 6.07) is 0. The Morgan fingerprint density at radius 1 is 1.50 bits per heavy atom. The van der Waals surface area contributed by atoms with Crippen molar-refractivity contribution in [1.29, 1.82) is 0 Å². The molecule has 1 aliphatic rings. The van der Waals surface area contributed by atoms with Crippen molar-refractivity contribution in [2.24, 2.45) is 0 Å². The van der Waals surface area contributed by atoms with Gasteiger partial charge in [0.2, 0.25) is 0 Å². The number of hydrogen-bond donors (Lipinski definition) is 1. The van der Waals surface area contributed by atoms with E-state index in [1.165, 1.54) is 0 Å². The maximum atomic E-state index is 8.59. The lowest BCUT2D eigenvalue weighted by Crippen LogP contribution is -1.98. The molecule has 58 valence electrons. The van der Waals surface area contributed by atoms with Crippen LogP contribution in [0.25, 0.3) is 0 Å². The Hall–Kier alpha value is -0.340. The van der Waals surface area contributed by atoms with Crippen LogP contribution in [0.4, 0.5) is 0 Å². The quantitative estimate of drug-likeness (QED) is 0.354. The van der Waals surface area contributed by atoms with E-state index < -0.39 is 0 Å². The number of allylic oxidation sites excluding steroid dienone is 1. The average Bonchev–Trinajstić information content (AvgIpc) is 2.68. The largest absolute Gasteiger partial charge is 0.394 e. The summed E-state index contributed by atoms with van der Waals surface area (Å²) in [7, 11) is 0. The van der Waals surface area contributed by atoms with Gasteiger partial charge in [-0.15, -0.1) is 6.58 Å². The number of rotatable bonds is 5.